The van der Waals surface area contributed by atoms with Crippen LogP contribution in [0.4, 0.5) is 5.69 Å². The van der Waals surface area contributed by atoms with Crippen LogP contribution in [-0.4, -0.2) is 28.6 Å². The quantitative estimate of drug-likeness (QED) is 0.211. The van der Waals surface area contributed by atoms with Gasteiger partial charge in [-0.25, -0.2) is 4.98 Å². The molecule has 5 heteroatoms. The van der Waals surface area contributed by atoms with E-state index in [1.807, 2.05) is 53.4 Å². The fourth-order valence-corrected chi connectivity index (χ4v) is 5.92. The first-order valence-electron chi connectivity index (χ1n) is 13.6. The minimum atomic E-state index is 0.0304. The fraction of sp³-hybridized carbons (Fsp3) is 0.176. The predicted octanol–water partition coefficient (Wildman–Crippen LogP) is 7.33. The van der Waals surface area contributed by atoms with E-state index in [1.165, 1.54) is 5.39 Å². The van der Waals surface area contributed by atoms with Gasteiger partial charge in [0.05, 0.1) is 23.3 Å². The van der Waals surface area contributed by atoms with Crippen LogP contribution in [0.3, 0.4) is 0 Å². The van der Waals surface area contributed by atoms with Crippen LogP contribution >= 0.6 is 0 Å². The van der Waals surface area contributed by atoms with Gasteiger partial charge in [0.15, 0.2) is 0 Å². The van der Waals surface area contributed by atoms with Gasteiger partial charge in [-0.1, -0.05) is 84.9 Å². The van der Waals surface area contributed by atoms with Crippen molar-refractivity contribution in [2.24, 2.45) is 0 Å². The molecule has 0 radical (unpaired) electrons. The summed E-state index contributed by atoms with van der Waals surface area (Å²) in [5.41, 5.74) is 3.05. The molecule has 1 aliphatic rings. The van der Waals surface area contributed by atoms with Crippen molar-refractivity contribution in [1.82, 2.24) is 9.55 Å². The topological polar surface area (TPSA) is 47.4 Å². The van der Waals surface area contributed by atoms with Crippen LogP contribution in [0, 0.1) is 0 Å². The minimum Gasteiger partial charge on any atom is -0.493 e. The van der Waals surface area contributed by atoms with E-state index in [2.05, 4.69) is 65.2 Å². The number of aromatic nitrogens is 2. The van der Waals surface area contributed by atoms with E-state index in [1.54, 1.807) is 0 Å². The maximum absolute atomic E-state index is 13.3. The van der Waals surface area contributed by atoms with Crippen molar-refractivity contribution in [3.63, 3.8) is 0 Å². The van der Waals surface area contributed by atoms with E-state index >= 15 is 0 Å². The van der Waals surface area contributed by atoms with Crippen LogP contribution in [0.5, 0.6) is 5.75 Å². The molecule has 192 valence electrons. The molecule has 7 rings (SSSR count). The number of carbonyl (C=O) groups excluding carboxylic acids is 1. The predicted molar refractivity (Wildman–Crippen MR) is 157 cm³/mol. The summed E-state index contributed by atoms with van der Waals surface area (Å²) in [6, 6.07) is 37.2. The molecular formula is C34H29N3O2. The number of carbonyl (C=O) groups is 1. The highest BCUT2D eigenvalue weighted by molar-refractivity contribution is 6.05. The Morgan fingerprint density at radius 1 is 0.769 bits per heavy atom. The Morgan fingerprint density at radius 2 is 1.46 bits per heavy atom. The Morgan fingerprint density at radius 3 is 2.33 bits per heavy atom. The number of aryl methyl sites for hydroxylation is 1. The zero-order valence-corrected chi connectivity index (χ0v) is 21.7. The first-order valence-corrected chi connectivity index (χ1v) is 13.6. The van der Waals surface area contributed by atoms with Gasteiger partial charge in [-0.3, -0.25) is 4.79 Å². The summed E-state index contributed by atoms with van der Waals surface area (Å²) in [5.74, 6) is 2.07. The highest BCUT2D eigenvalue weighted by atomic mass is 16.5. The van der Waals surface area contributed by atoms with Crippen molar-refractivity contribution in [3.8, 4) is 5.75 Å². The Balaban J connectivity index is 1.13. The normalized spacial score (nSPS) is 15.5. The Labute approximate surface area is 227 Å². The Hall–Kier alpha value is -4.64. The molecule has 1 atom stereocenters. The lowest BCUT2D eigenvalue weighted by molar-refractivity contribution is -0.117. The summed E-state index contributed by atoms with van der Waals surface area (Å²) in [7, 11) is 0. The average molecular weight is 512 g/mol. The maximum atomic E-state index is 13.3. The zero-order chi connectivity index (χ0) is 26.2. The number of ether oxygens (including phenoxy) is 1. The highest BCUT2D eigenvalue weighted by Crippen LogP contribution is 2.36. The van der Waals surface area contributed by atoms with E-state index in [0.717, 1.165) is 57.4 Å². The van der Waals surface area contributed by atoms with E-state index in [0.29, 0.717) is 19.6 Å². The third-order valence-electron chi connectivity index (χ3n) is 7.76. The number of nitrogens with zero attached hydrogens (tertiary/aromatic N) is 3. The Kier molecular flexibility index (Phi) is 5.97. The number of hydrogen-bond donors (Lipinski definition) is 0. The molecule has 39 heavy (non-hydrogen) atoms. The minimum absolute atomic E-state index is 0.0304. The summed E-state index contributed by atoms with van der Waals surface area (Å²) < 4.78 is 8.53. The van der Waals surface area contributed by atoms with Gasteiger partial charge in [-0.15, -0.1) is 0 Å². The second-order valence-corrected chi connectivity index (χ2v) is 10.2. The van der Waals surface area contributed by atoms with Gasteiger partial charge in [-0.05, 0) is 41.5 Å². The third kappa shape index (κ3) is 4.30. The summed E-state index contributed by atoms with van der Waals surface area (Å²) in [6.07, 6.45) is 1.29. The van der Waals surface area contributed by atoms with Crippen molar-refractivity contribution in [1.29, 1.82) is 0 Å². The molecule has 1 amide bonds. The second-order valence-electron chi connectivity index (χ2n) is 10.2. The largest absolute Gasteiger partial charge is 0.493 e. The van der Waals surface area contributed by atoms with Crippen molar-refractivity contribution >= 4 is 44.2 Å². The van der Waals surface area contributed by atoms with Gasteiger partial charge in [0.25, 0.3) is 0 Å². The van der Waals surface area contributed by atoms with Crippen molar-refractivity contribution < 1.29 is 9.53 Å². The number of para-hydroxylation sites is 2. The lowest BCUT2D eigenvalue weighted by Gasteiger charge is -2.19. The van der Waals surface area contributed by atoms with Gasteiger partial charge < -0.3 is 14.2 Å². The molecule has 1 unspecified atom stereocenters. The molecule has 1 fully saturated rings. The fourth-order valence-electron chi connectivity index (χ4n) is 5.92. The molecule has 0 aliphatic carbocycles. The van der Waals surface area contributed by atoms with Gasteiger partial charge in [0.1, 0.15) is 11.6 Å². The van der Waals surface area contributed by atoms with Gasteiger partial charge in [-0.2, -0.15) is 0 Å². The lowest BCUT2D eigenvalue weighted by Crippen LogP contribution is -2.24. The number of hydrogen-bond acceptors (Lipinski definition) is 3. The molecule has 5 nitrogen and oxygen atoms in total. The van der Waals surface area contributed by atoms with E-state index in [4.69, 9.17) is 9.72 Å². The van der Waals surface area contributed by atoms with Gasteiger partial charge in [0, 0.05) is 36.2 Å². The molecule has 0 spiro atoms. The molecule has 1 aromatic heterocycles. The molecule has 0 saturated carbocycles. The maximum Gasteiger partial charge on any atom is 0.227 e. The monoisotopic (exact) mass is 511 g/mol. The average Bonchev–Trinajstić information content (AvgIpc) is 3.55. The summed E-state index contributed by atoms with van der Waals surface area (Å²) in [6.45, 7) is 2.01. The third-order valence-corrected chi connectivity index (χ3v) is 7.76. The lowest BCUT2D eigenvalue weighted by atomic mass is 10.1. The molecule has 0 N–H and O–H groups in total. The SMILES string of the molecule is O=C1CC(c2nc3ccccc3n2CCCOc2cccc3ccccc23)CN1c1cccc2ccccc12. The van der Waals surface area contributed by atoms with Crippen LogP contribution in [0.1, 0.15) is 24.6 Å². The smallest absolute Gasteiger partial charge is 0.227 e. The van der Waals surface area contributed by atoms with Crippen molar-refractivity contribution in [2.75, 3.05) is 18.1 Å². The molecular weight excluding hydrogens is 482 g/mol. The van der Waals surface area contributed by atoms with E-state index in [9.17, 15) is 4.79 Å². The van der Waals surface area contributed by atoms with Gasteiger partial charge >= 0.3 is 0 Å². The molecule has 6 aromatic rings. The molecule has 0 bridgehead atoms. The number of benzene rings is 5. The standard InChI is InChI=1S/C34H29N3O2/c38-33-22-26(23-37(33)30-18-7-12-24-10-1-3-14-27(24)30)34-35-29-16-5-6-17-31(29)36(34)20-9-21-39-32-19-8-13-25-11-2-4-15-28(25)32/h1-8,10-19,26H,9,20-23H2. The van der Waals surface area contributed by atoms with Crippen molar-refractivity contribution in [2.45, 2.75) is 25.3 Å². The molecule has 2 heterocycles. The van der Waals surface area contributed by atoms with Crippen LogP contribution in [0.2, 0.25) is 0 Å². The number of imidazole rings is 1. The van der Waals surface area contributed by atoms with Crippen molar-refractivity contribution in [3.05, 3.63) is 115 Å². The second kappa shape index (κ2) is 9.91. The van der Waals surface area contributed by atoms with E-state index < -0.39 is 0 Å². The van der Waals surface area contributed by atoms with Gasteiger partial charge in [0.2, 0.25) is 5.91 Å². The number of rotatable bonds is 7. The van der Waals surface area contributed by atoms with Crippen LogP contribution in [0.25, 0.3) is 32.6 Å². The first kappa shape index (κ1) is 23.5. The summed E-state index contributed by atoms with van der Waals surface area (Å²) >= 11 is 0. The molecule has 1 aliphatic heterocycles. The van der Waals surface area contributed by atoms with Crippen LogP contribution in [-0.2, 0) is 11.3 Å². The molecule has 5 aromatic carbocycles. The zero-order valence-electron chi connectivity index (χ0n) is 21.7. The molecule has 1 saturated heterocycles. The number of anilines is 1. The van der Waals surface area contributed by atoms with Crippen LogP contribution in [0.15, 0.2) is 109 Å². The summed E-state index contributed by atoms with van der Waals surface area (Å²) in [4.78, 5) is 20.3. The number of fused-ring (bicyclic) bond motifs is 3. The van der Waals surface area contributed by atoms with Crippen LogP contribution < -0.4 is 9.64 Å². The summed E-state index contributed by atoms with van der Waals surface area (Å²) in [5, 5.41) is 4.56. The Bertz CT molecular complexity index is 1810. The highest BCUT2D eigenvalue weighted by Gasteiger charge is 2.35. The number of amides is 1. The van der Waals surface area contributed by atoms with E-state index in [-0.39, 0.29) is 11.8 Å². The first-order chi connectivity index (χ1) is 19.3.